The Morgan fingerprint density at radius 2 is 2.12 bits per heavy atom. The molecule has 0 radical (unpaired) electrons. The highest BCUT2D eigenvalue weighted by Gasteiger charge is 2.23. The van der Waals surface area contributed by atoms with Gasteiger partial charge in [-0.15, -0.1) is 0 Å². The van der Waals surface area contributed by atoms with Gasteiger partial charge in [0.25, 0.3) is 0 Å². The molecule has 0 bridgehead atoms. The first-order chi connectivity index (χ1) is 7.61. The van der Waals surface area contributed by atoms with E-state index >= 15 is 0 Å². The Morgan fingerprint density at radius 3 is 2.81 bits per heavy atom. The first-order valence-corrected chi connectivity index (χ1v) is 5.36. The van der Waals surface area contributed by atoms with Gasteiger partial charge in [-0.25, -0.2) is 4.79 Å². The zero-order valence-electron chi connectivity index (χ0n) is 9.45. The van der Waals surface area contributed by atoms with Gasteiger partial charge in [0.05, 0.1) is 12.7 Å². The molecule has 1 atom stereocenters. The van der Waals surface area contributed by atoms with E-state index in [9.17, 15) is 9.59 Å². The lowest BCUT2D eigenvalue weighted by Gasteiger charge is -2.20. The van der Waals surface area contributed by atoms with Gasteiger partial charge < -0.3 is 4.74 Å². The van der Waals surface area contributed by atoms with Crippen LogP contribution < -0.4 is 0 Å². The van der Waals surface area contributed by atoms with Crippen LogP contribution in [0.1, 0.15) is 39.6 Å². The molecule has 0 saturated heterocycles. The third-order valence-corrected chi connectivity index (χ3v) is 2.93. The summed E-state index contributed by atoms with van der Waals surface area (Å²) in [6.07, 6.45) is 1.47. The number of esters is 1. The summed E-state index contributed by atoms with van der Waals surface area (Å²) in [5, 5.41) is 0. The fourth-order valence-corrected chi connectivity index (χ4v) is 2.13. The number of ketones is 1. The highest BCUT2D eigenvalue weighted by Crippen LogP contribution is 2.26. The van der Waals surface area contributed by atoms with Crippen molar-refractivity contribution < 1.29 is 14.3 Å². The second-order valence-corrected chi connectivity index (χ2v) is 4.30. The lowest BCUT2D eigenvalue weighted by Crippen LogP contribution is -2.18. The molecule has 0 aromatic heterocycles. The Kier molecular flexibility index (Phi) is 2.77. The molecule has 1 aliphatic rings. The maximum Gasteiger partial charge on any atom is 0.337 e. The van der Waals surface area contributed by atoms with Gasteiger partial charge in [-0.05, 0) is 30.0 Å². The number of hydrogen-bond acceptors (Lipinski definition) is 3. The predicted octanol–water partition coefficient (Wildman–Crippen LogP) is 2.24. The average Bonchev–Trinajstić information content (AvgIpc) is 2.27. The van der Waals surface area contributed by atoms with E-state index in [0.717, 1.165) is 12.0 Å². The smallest absolute Gasteiger partial charge is 0.337 e. The summed E-state index contributed by atoms with van der Waals surface area (Å²) < 4.78 is 4.63. The average molecular weight is 218 g/mol. The minimum atomic E-state index is -0.394. The van der Waals surface area contributed by atoms with Crippen molar-refractivity contribution in [2.75, 3.05) is 7.11 Å². The first kappa shape index (κ1) is 10.9. The zero-order chi connectivity index (χ0) is 11.7. The molecule has 0 saturated carbocycles. The Labute approximate surface area is 94.4 Å². The fourth-order valence-electron chi connectivity index (χ4n) is 2.13. The van der Waals surface area contributed by atoms with Crippen LogP contribution >= 0.6 is 0 Å². The molecule has 0 amide bonds. The summed E-state index contributed by atoms with van der Waals surface area (Å²) in [6.45, 7) is 2.06. The maximum absolute atomic E-state index is 11.8. The summed E-state index contributed by atoms with van der Waals surface area (Å²) in [6, 6.07) is 5.22. The number of methoxy groups -OCH3 is 1. The molecule has 1 aliphatic carbocycles. The van der Waals surface area contributed by atoms with Crippen molar-refractivity contribution in [2.24, 2.45) is 5.92 Å². The lowest BCUT2D eigenvalue weighted by atomic mass is 9.83. The quantitative estimate of drug-likeness (QED) is 0.679. The van der Waals surface area contributed by atoms with Crippen molar-refractivity contribution >= 4 is 11.8 Å². The summed E-state index contributed by atoms with van der Waals surface area (Å²) in [5.74, 6) is 0.123. The molecular weight excluding hydrogens is 204 g/mol. The lowest BCUT2D eigenvalue weighted by molar-refractivity contribution is 0.0600. The Bertz CT molecular complexity index is 448. The molecular formula is C13H14O3. The molecule has 1 aromatic carbocycles. The Balaban J connectivity index is 2.42. The standard InChI is InChI=1S/C13H14O3/c1-8-5-9-3-4-10(13(15)16-2)7-11(9)12(14)6-8/h3-4,7-8H,5-6H2,1-2H3. The molecule has 0 fully saturated rings. The highest BCUT2D eigenvalue weighted by atomic mass is 16.5. The van der Waals surface area contributed by atoms with E-state index in [4.69, 9.17) is 0 Å². The van der Waals surface area contributed by atoms with E-state index in [1.54, 1.807) is 12.1 Å². The monoisotopic (exact) mass is 218 g/mol. The number of carbonyl (C=O) groups excluding carboxylic acids is 2. The van der Waals surface area contributed by atoms with Crippen molar-refractivity contribution in [1.82, 2.24) is 0 Å². The summed E-state index contributed by atoms with van der Waals surface area (Å²) in [5.41, 5.74) is 2.17. The molecule has 0 aliphatic heterocycles. The molecule has 2 rings (SSSR count). The van der Waals surface area contributed by atoms with Gasteiger partial charge >= 0.3 is 5.97 Å². The van der Waals surface area contributed by atoms with Gasteiger partial charge in [0, 0.05) is 12.0 Å². The molecule has 3 heteroatoms. The molecule has 84 valence electrons. The predicted molar refractivity (Wildman–Crippen MR) is 59.6 cm³/mol. The molecule has 1 unspecified atom stereocenters. The van der Waals surface area contributed by atoms with Gasteiger partial charge in [-0.1, -0.05) is 13.0 Å². The minimum Gasteiger partial charge on any atom is -0.465 e. The van der Waals surface area contributed by atoms with E-state index in [2.05, 4.69) is 11.7 Å². The Hall–Kier alpha value is -1.64. The second kappa shape index (κ2) is 4.08. The van der Waals surface area contributed by atoms with Crippen LogP contribution in [-0.4, -0.2) is 18.9 Å². The topological polar surface area (TPSA) is 43.4 Å². The maximum atomic E-state index is 11.8. The van der Waals surface area contributed by atoms with Gasteiger partial charge in [0.2, 0.25) is 0 Å². The molecule has 16 heavy (non-hydrogen) atoms. The number of carbonyl (C=O) groups is 2. The SMILES string of the molecule is COC(=O)c1ccc2c(c1)C(=O)CC(C)C2. The largest absolute Gasteiger partial charge is 0.465 e. The van der Waals surface area contributed by atoms with Gasteiger partial charge in [0.15, 0.2) is 5.78 Å². The van der Waals surface area contributed by atoms with Crippen molar-refractivity contribution in [2.45, 2.75) is 19.8 Å². The number of rotatable bonds is 1. The van der Waals surface area contributed by atoms with Crippen LogP contribution in [-0.2, 0) is 11.2 Å². The first-order valence-electron chi connectivity index (χ1n) is 5.36. The van der Waals surface area contributed by atoms with Crippen LogP contribution in [0.3, 0.4) is 0 Å². The summed E-state index contributed by atoms with van der Waals surface area (Å²) in [4.78, 5) is 23.1. The van der Waals surface area contributed by atoms with E-state index in [1.807, 2.05) is 6.07 Å². The van der Waals surface area contributed by atoms with Gasteiger partial charge in [0.1, 0.15) is 0 Å². The van der Waals surface area contributed by atoms with Gasteiger partial charge in [-0.3, -0.25) is 4.79 Å². The van der Waals surface area contributed by atoms with E-state index in [1.165, 1.54) is 7.11 Å². The van der Waals surface area contributed by atoms with E-state index in [-0.39, 0.29) is 5.78 Å². The van der Waals surface area contributed by atoms with Crippen molar-refractivity contribution in [3.63, 3.8) is 0 Å². The molecule has 0 spiro atoms. The van der Waals surface area contributed by atoms with Crippen LogP contribution in [0, 0.1) is 5.92 Å². The molecule has 1 aromatic rings. The van der Waals surface area contributed by atoms with Crippen LogP contribution in [0.4, 0.5) is 0 Å². The molecule has 0 heterocycles. The van der Waals surface area contributed by atoms with E-state index < -0.39 is 5.97 Å². The highest BCUT2D eigenvalue weighted by molar-refractivity contribution is 6.01. The normalized spacial score (nSPS) is 19.1. The number of hydrogen-bond donors (Lipinski definition) is 0. The fraction of sp³-hybridized carbons (Fsp3) is 0.385. The number of benzene rings is 1. The van der Waals surface area contributed by atoms with Crippen LogP contribution in [0.2, 0.25) is 0 Å². The minimum absolute atomic E-state index is 0.125. The van der Waals surface area contributed by atoms with Crippen LogP contribution in [0.25, 0.3) is 0 Å². The third kappa shape index (κ3) is 1.85. The van der Waals surface area contributed by atoms with Crippen molar-refractivity contribution in [3.05, 3.63) is 34.9 Å². The zero-order valence-corrected chi connectivity index (χ0v) is 9.45. The van der Waals surface area contributed by atoms with Gasteiger partial charge in [-0.2, -0.15) is 0 Å². The number of Topliss-reactive ketones (excluding diaryl/α,β-unsaturated/α-hetero) is 1. The van der Waals surface area contributed by atoms with Crippen molar-refractivity contribution in [3.8, 4) is 0 Å². The number of fused-ring (bicyclic) bond motifs is 1. The molecule has 3 nitrogen and oxygen atoms in total. The van der Waals surface area contributed by atoms with Crippen LogP contribution in [0.15, 0.2) is 18.2 Å². The number of ether oxygens (including phenoxy) is 1. The summed E-state index contributed by atoms with van der Waals surface area (Å²) >= 11 is 0. The Morgan fingerprint density at radius 1 is 1.38 bits per heavy atom. The van der Waals surface area contributed by atoms with Crippen LogP contribution in [0.5, 0.6) is 0 Å². The third-order valence-electron chi connectivity index (χ3n) is 2.93. The van der Waals surface area contributed by atoms with E-state index in [0.29, 0.717) is 23.5 Å². The van der Waals surface area contributed by atoms with Crippen molar-refractivity contribution in [1.29, 1.82) is 0 Å². The molecule has 0 N–H and O–H groups in total. The second-order valence-electron chi connectivity index (χ2n) is 4.30. The summed E-state index contributed by atoms with van der Waals surface area (Å²) in [7, 11) is 1.34.